The molecule has 18 heavy (non-hydrogen) atoms. The van der Waals surface area contributed by atoms with Crippen LogP contribution in [0.15, 0.2) is 18.2 Å². The number of anilines is 1. The Kier molecular flexibility index (Phi) is 3.18. The van der Waals surface area contributed by atoms with Gasteiger partial charge in [0.15, 0.2) is 0 Å². The Labute approximate surface area is 104 Å². The Morgan fingerprint density at radius 2 is 2.22 bits per heavy atom. The fraction of sp³-hybridized carbons (Fsp3) is 0.417. The summed E-state index contributed by atoms with van der Waals surface area (Å²) in [6.07, 6.45) is 2.33. The number of nitro groups is 1. The summed E-state index contributed by atoms with van der Waals surface area (Å²) in [5.41, 5.74) is 0.309. The molecular weight excluding hydrogens is 236 g/mol. The maximum absolute atomic E-state index is 11.2. The van der Waals surface area contributed by atoms with Gasteiger partial charge in [-0.15, -0.1) is 0 Å². The van der Waals surface area contributed by atoms with Gasteiger partial charge in [0.05, 0.1) is 16.2 Å². The normalized spacial score (nSPS) is 14.3. The lowest BCUT2D eigenvalue weighted by molar-refractivity contribution is -0.384. The van der Waals surface area contributed by atoms with Gasteiger partial charge >= 0.3 is 5.97 Å². The molecule has 1 fully saturated rings. The second kappa shape index (κ2) is 4.64. The lowest BCUT2D eigenvalue weighted by Gasteiger charge is -2.20. The van der Waals surface area contributed by atoms with E-state index < -0.39 is 10.9 Å². The number of carbonyl (C=O) groups is 1. The predicted octanol–water partition coefficient (Wildman–Crippen LogP) is 2.14. The molecule has 0 amide bonds. The fourth-order valence-electron chi connectivity index (χ4n) is 1.93. The van der Waals surface area contributed by atoms with Gasteiger partial charge in [-0.25, -0.2) is 4.79 Å². The monoisotopic (exact) mass is 250 g/mol. The van der Waals surface area contributed by atoms with E-state index in [1.807, 2.05) is 11.9 Å². The van der Waals surface area contributed by atoms with Gasteiger partial charge in [0, 0.05) is 25.7 Å². The molecule has 2 rings (SSSR count). The smallest absolute Gasteiger partial charge is 0.338 e. The number of hydrogen-bond donors (Lipinski definition) is 1. The van der Waals surface area contributed by atoms with Gasteiger partial charge in [0.1, 0.15) is 0 Å². The van der Waals surface area contributed by atoms with Crippen molar-refractivity contribution in [2.75, 3.05) is 18.5 Å². The number of nitro benzene ring substituents is 1. The van der Waals surface area contributed by atoms with E-state index in [9.17, 15) is 14.9 Å². The van der Waals surface area contributed by atoms with E-state index in [2.05, 4.69) is 0 Å². The highest BCUT2D eigenvalue weighted by atomic mass is 16.6. The van der Waals surface area contributed by atoms with Crippen molar-refractivity contribution in [2.24, 2.45) is 5.92 Å². The van der Waals surface area contributed by atoms with Gasteiger partial charge in [-0.2, -0.15) is 0 Å². The number of hydrogen-bond acceptors (Lipinski definition) is 4. The maximum Gasteiger partial charge on any atom is 0.338 e. The minimum atomic E-state index is -1.14. The van der Waals surface area contributed by atoms with Gasteiger partial charge in [-0.3, -0.25) is 10.1 Å². The summed E-state index contributed by atoms with van der Waals surface area (Å²) in [6.45, 7) is 0.790. The minimum Gasteiger partial charge on any atom is -0.478 e. The fourth-order valence-corrected chi connectivity index (χ4v) is 1.93. The number of carboxylic acids is 1. The highest BCUT2D eigenvalue weighted by Gasteiger charge is 2.25. The first-order valence-electron chi connectivity index (χ1n) is 5.72. The molecule has 1 saturated carbocycles. The summed E-state index contributed by atoms with van der Waals surface area (Å²) in [5.74, 6) is -0.525. The van der Waals surface area contributed by atoms with E-state index in [1.54, 1.807) is 0 Å². The van der Waals surface area contributed by atoms with Crippen LogP contribution in [0.1, 0.15) is 23.2 Å². The Morgan fingerprint density at radius 3 is 2.72 bits per heavy atom. The molecule has 6 nitrogen and oxygen atoms in total. The van der Waals surface area contributed by atoms with Crippen molar-refractivity contribution in [1.82, 2.24) is 0 Å². The summed E-state index contributed by atoms with van der Waals surface area (Å²) >= 11 is 0. The van der Waals surface area contributed by atoms with Crippen LogP contribution in [0.5, 0.6) is 0 Å². The zero-order chi connectivity index (χ0) is 13.3. The summed E-state index contributed by atoms with van der Waals surface area (Å²) in [5, 5.41) is 19.8. The average Bonchev–Trinajstić information content (AvgIpc) is 3.11. The lowest BCUT2D eigenvalue weighted by Crippen LogP contribution is -2.22. The van der Waals surface area contributed by atoms with Crippen LogP contribution in [-0.4, -0.2) is 29.6 Å². The maximum atomic E-state index is 11.2. The molecule has 0 radical (unpaired) electrons. The van der Waals surface area contributed by atoms with Crippen LogP contribution < -0.4 is 4.90 Å². The first kappa shape index (κ1) is 12.3. The van der Waals surface area contributed by atoms with Crippen LogP contribution in [0, 0.1) is 16.0 Å². The first-order chi connectivity index (χ1) is 8.49. The molecule has 0 atom stereocenters. The standard InChI is InChI=1S/C12H14N2O4/c1-13(7-8-2-3-8)11-5-4-9(14(17)18)6-10(11)12(15)16/h4-6,8H,2-3,7H2,1H3,(H,15,16). The number of rotatable bonds is 5. The highest BCUT2D eigenvalue weighted by Crippen LogP contribution is 2.32. The van der Waals surface area contributed by atoms with Crippen LogP contribution in [0.25, 0.3) is 0 Å². The van der Waals surface area contributed by atoms with Gasteiger partial charge in [0.25, 0.3) is 5.69 Å². The molecule has 1 aliphatic rings. The molecular formula is C12H14N2O4. The Hall–Kier alpha value is -2.11. The molecule has 0 spiro atoms. The Bertz CT molecular complexity index is 497. The third kappa shape index (κ3) is 2.58. The van der Waals surface area contributed by atoms with E-state index in [4.69, 9.17) is 5.11 Å². The van der Waals surface area contributed by atoms with Gasteiger partial charge < -0.3 is 10.0 Å². The van der Waals surface area contributed by atoms with Crippen LogP contribution in [0.4, 0.5) is 11.4 Å². The van der Waals surface area contributed by atoms with Crippen molar-refractivity contribution in [3.05, 3.63) is 33.9 Å². The van der Waals surface area contributed by atoms with E-state index in [-0.39, 0.29) is 11.3 Å². The van der Waals surface area contributed by atoms with Gasteiger partial charge in [-0.1, -0.05) is 0 Å². The topological polar surface area (TPSA) is 83.7 Å². The molecule has 0 heterocycles. The molecule has 1 aliphatic carbocycles. The molecule has 1 aromatic carbocycles. The highest BCUT2D eigenvalue weighted by molar-refractivity contribution is 5.95. The van der Waals surface area contributed by atoms with Crippen LogP contribution in [0.2, 0.25) is 0 Å². The third-order valence-electron chi connectivity index (χ3n) is 3.06. The average molecular weight is 250 g/mol. The van der Waals surface area contributed by atoms with Crippen molar-refractivity contribution in [2.45, 2.75) is 12.8 Å². The molecule has 0 aliphatic heterocycles. The summed E-state index contributed by atoms with van der Waals surface area (Å²) in [7, 11) is 1.81. The minimum absolute atomic E-state index is 0.0210. The number of nitrogens with zero attached hydrogens (tertiary/aromatic N) is 2. The van der Waals surface area contributed by atoms with E-state index in [0.717, 1.165) is 12.6 Å². The Balaban J connectivity index is 2.32. The molecule has 6 heteroatoms. The van der Waals surface area contributed by atoms with Crippen LogP contribution in [-0.2, 0) is 0 Å². The molecule has 1 aromatic rings. The summed E-state index contributed by atoms with van der Waals surface area (Å²) in [4.78, 5) is 23.1. The predicted molar refractivity (Wildman–Crippen MR) is 66.0 cm³/mol. The summed E-state index contributed by atoms with van der Waals surface area (Å²) in [6, 6.07) is 3.95. The molecule has 0 bridgehead atoms. The van der Waals surface area contributed by atoms with Crippen molar-refractivity contribution in [1.29, 1.82) is 0 Å². The quantitative estimate of drug-likeness (QED) is 0.639. The van der Waals surface area contributed by atoms with Gasteiger partial charge in [-0.05, 0) is 24.8 Å². The number of benzene rings is 1. The van der Waals surface area contributed by atoms with Crippen LogP contribution in [0.3, 0.4) is 0 Å². The molecule has 1 N–H and O–H groups in total. The lowest BCUT2D eigenvalue weighted by atomic mass is 10.1. The number of non-ortho nitro benzene ring substituents is 1. The number of carboxylic acid groups (broad SMARTS) is 1. The second-order valence-corrected chi connectivity index (χ2v) is 4.59. The second-order valence-electron chi connectivity index (χ2n) is 4.59. The van der Waals surface area contributed by atoms with E-state index in [0.29, 0.717) is 11.6 Å². The molecule has 96 valence electrons. The van der Waals surface area contributed by atoms with Crippen molar-refractivity contribution < 1.29 is 14.8 Å². The van der Waals surface area contributed by atoms with Crippen molar-refractivity contribution in [3.63, 3.8) is 0 Å². The largest absolute Gasteiger partial charge is 0.478 e. The van der Waals surface area contributed by atoms with Crippen LogP contribution >= 0.6 is 0 Å². The molecule has 0 unspecified atom stereocenters. The van der Waals surface area contributed by atoms with Crippen molar-refractivity contribution in [3.8, 4) is 0 Å². The molecule has 0 saturated heterocycles. The number of aromatic carboxylic acids is 1. The van der Waals surface area contributed by atoms with E-state index >= 15 is 0 Å². The first-order valence-corrected chi connectivity index (χ1v) is 5.72. The van der Waals surface area contributed by atoms with Gasteiger partial charge in [0.2, 0.25) is 0 Å². The van der Waals surface area contributed by atoms with Crippen molar-refractivity contribution >= 4 is 17.3 Å². The Morgan fingerprint density at radius 1 is 1.56 bits per heavy atom. The summed E-state index contributed by atoms with van der Waals surface area (Å²) < 4.78 is 0. The zero-order valence-electron chi connectivity index (χ0n) is 10.00. The zero-order valence-corrected chi connectivity index (χ0v) is 10.00. The SMILES string of the molecule is CN(CC1CC1)c1ccc([N+](=O)[O-])cc1C(=O)O. The van der Waals surface area contributed by atoms with E-state index in [1.165, 1.54) is 25.0 Å². The molecule has 0 aromatic heterocycles. The third-order valence-corrected chi connectivity index (χ3v) is 3.06.